The standard InChI is InChI=1S/C23H21N3O4S/c27-22(23(28)25-16-7-8-19-20(12-16)30-14-29-19)24-13-18(21-6-3-11-31-21)26-10-9-15-4-1-2-5-17(15)26/h1-8,11-12,18H,9-10,13-14H2,(H,24,27)(H,25,28)/t18-/m0/s1. The second-order valence-corrected chi connectivity index (χ2v) is 8.31. The number of benzene rings is 2. The fourth-order valence-corrected chi connectivity index (χ4v) is 4.80. The minimum atomic E-state index is -0.717. The second kappa shape index (κ2) is 8.31. The van der Waals surface area contributed by atoms with Crippen LogP contribution in [0, 0.1) is 0 Å². The molecule has 1 atom stereocenters. The topological polar surface area (TPSA) is 79.9 Å². The molecule has 0 saturated carbocycles. The lowest BCUT2D eigenvalue weighted by atomic mass is 10.1. The highest BCUT2D eigenvalue weighted by molar-refractivity contribution is 7.10. The maximum Gasteiger partial charge on any atom is 0.313 e. The molecular weight excluding hydrogens is 414 g/mol. The molecule has 0 bridgehead atoms. The van der Waals surface area contributed by atoms with E-state index in [1.807, 2.05) is 23.6 Å². The molecule has 2 aliphatic heterocycles. The van der Waals surface area contributed by atoms with Gasteiger partial charge in [-0.15, -0.1) is 11.3 Å². The second-order valence-electron chi connectivity index (χ2n) is 7.34. The molecule has 31 heavy (non-hydrogen) atoms. The largest absolute Gasteiger partial charge is 0.454 e. The number of nitrogens with zero attached hydrogens (tertiary/aromatic N) is 1. The van der Waals surface area contributed by atoms with E-state index < -0.39 is 11.8 Å². The van der Waals surface area contributed by atoms with Crippen LogP contribution in [0.1, 0.15) is 16.5 Å². The Kier molecular flexibility index (Phi) is 5.21. The third kappa shape index (κ3) is 3.94. The molecule has 2 aromatic carbocycles. The molecule has 7 nitrogen and oxygen atoms in total. The van der Waals surface area contributed by atoms with Gasteiger partial charge in [0.1, 0.15) is 0 Å². The van der Waals surface area contributed by atoms with Gasteiger partial charge in [-0.3, -0.25) is 9.59 Å². The zero-order valence-corrected chi connectivity index (χ0v) is 17.5. The molecule has 158 valence electrons. The van der Waals surface area contributed by atoms with Crippen molar-refractivity contribution in [3.8, 4) is 11.5 Å². The monoisotopic (exact) mass is 435 g/mol. The van der Waals surface area contributed by atoms with Gasteiger partial charge >= 0.3 is 11.8 Å². The number of hydrogen-bond acceptors (Lipinski definition) is 6. The summed E-state index contributed by atoms with van der Waals surface area (Å²) in [4.78, 5) is 28.4. The summed E-state index contributed by atoms with van der Waals surface area (Å²) in [5.74, 6) is -0.229. The fourth-order valence-electron chi connectivity index (χ4n) is 3.96. The predicted octanol–water partition coefficient (Wildman–Crippen LogP) is 3.34. The van der Waals surface area contributed by atoms with Crippen molar-refractivity contribution in [3.63, 3.8) is 0 Å². The van der Waals surface area contributed by atoms with Gasteiger partial charge in [0.15, 0.2) is 11.5 Å². The highest BCUT2D eigenvalue weighted by Crippen LogP contribution is 2.36. The van der Waals surface area contributed by atoms with Crippen molar-refractivity contribution in [1.29, 1.82) is 0 Å². The molecule has 2 N–H and O–H groups in total. The minimum absolute atomic E-state index is 0.0362. The van der Waals surface area contributed by atoms with Gasteiger partial charge in [-0.05, 0) is 41.6 Å². The highest BCUT2D eigenvalue weighted by Gasteiger charge is 2.28. The summed E-state index contributed by atoms with van der Waals surface area (Å²) in [6, 6.07) is 17.4. The molecule has 5 rings (SSSR count). The number of ether oxygens (including phenoxy) is 2. The number of carbonyl (C=O) groups is 2. The Morgan fingerprint density at radius 3 is 2.77 bits per heavy atom. The maximum absolute atomic E-state index is 12.5. The van der Waals surface area contributed by atoms with Gasteiger partial charge in [0.25, 0.3) is 0 Å². The first-order chi connectivity index (χ1) is 15.2. The molecule has 2 amide bonds. The summed E-state index contributed by atoms with van der Waals surface area (Å²) in [7, 11) is 0. The fraction of sp³-hybridized carbons (Fsp3) is 0.217. The van der Waals surface area contributed by atoms with Crippen LogP contribution in [0.2, 0.25) is 0 Å². The summed E-state index contributed by atoms with van der Waals surface area (Å²) in [6.45, 7) is 1.36. The molecule has 3 heterocycles. The molecule has 0 unspecified atom stereocenters. The van der Waals surface area contributed by atoms with Crippen molar-refractivity contribution in [2.45, 2.75) is 12.5 Å². The van der Waals surface area contributed by atoms with Crippen LogP contribution < -0.4 is 25.0 Å². The van der Waals surface area contributed by atoms with Crippen molar-refractivity contribution in [2.24, 2.45) is 0 Å². The van der Waals surface area contributed by atoms with Crippen LogP contribution in [0.3, 0.4) is 0 Å². The van der Waals surface area contributed by atoms with Gasteiger partial charge in [-0.2, -0.15) is 0 Å². The summed E-state index contributed by atoms with van der Waals surface area (Å²) in [6.07, 6.45) is 0.969. The Balaban J connectivity index is 1.26. The average Bonchev–Trinajstić information content (AvgIpc) is 3.55. The number of rotatable bonds is 5. The highest BCUT2D eigenvalue weighted by atomic mass is 32.1. The first kappa shape index (κ1) is 19.4. The molecule has 1 aromatic heterocycles. The van der Waals surface area contributed by atoms with Gasteiger partial charge in [0.2, 0.25) is 6.79 Å². The molecule has 2 aliphatic rings. The van der Waals surface area contributed by atoms with E-state index in [1.165, 1.54) is 11.3 Å². The zero-order valence-electron chi connectivity index (χ0n) is 16.7. The van der Waals surface area contributed by atoms with E-state index in [-0.39, 0.29) is 12.8 Å². The molecule has 0 radical (unpaired) electrons. The van der Waals surface area contributed by atoms with Crippen LogP contribution >= 0.6 is 11.3 Å². The molecule has 3 aromatic rings. The van der Waals surface area contributed by atoms with E-state index in [4.69, 9.17) is 9.47 Å². The van der Waals surface area contributed by atoms with E-state index in [0.29, 0.717) is 23.7 Å². The van der Waals surface area contributed by atoms with Crippen molar-refractivity contribution in [2.75, 3.05) is 30.1 Å². The number of para-hydroxylation sites is 1. The van der Waals surface area contributed by atoms with Crippen molar-refractivity contribution < 1.29 is 19.1 Å². The van der Waals surface area contributed by atoms with E-state index in [2.05, 4.69) is 33.7 Å². The lowest BCUT2D eigenvalue weighted by Crippen LogP contribution is -2.41. The van der Waals surface area contributed by atoms with Crippen molar-refractivity contribution >= 4 is 34.5 Å². The Morgan fingerprint density at radius 1 is 1.03 bits per heavy atom. The van der Waals surface area contributed by atoms with Crippen LogP contribution in [0.15, 0.2) is 60.0 Å². The SMILES string of the molecule is O=C(NC[C@@H](c1cccs1)N1CCc2ccccc21)C(=O)Nc1ccc2c(c1)OCO2. The van der Waals surface area contributed by atoms with Crippen LogP contribution in [0.4, 0.5) is 11.4 Å². The summed E-state index contributed by atoms with van der Waals surface area (Å²) < 4.78 is 10.6. The zero-order chi connectivity index (χ0) is 21.2. The van der Waals surface area contributed by atoms with Gasteiger partial charge in [0.05, 0.1) is 6.04 Å². The Bertz CT molecular complexity index is 1120. The quantitative estimate of drug-likeness (QED) is 0.601. The van der Waals surface area contributed by atoms with Gasteiger partial charge in [0, 0.05) is 35.4 Å². The van der Waals surface area contributed by atoms with Crippen LogP contribution in [0.25, 0.3) is 0 Å². The molecule has 0 saturated heterocycles. The Hall–Kier alpha value is -3.52. The Morgan fingerprint density at radius 2 is 1.90 bits per heavy atom. The summed E-state index contributed by atoms with van der Waals surface area (Å²) in [5.41, 5.74) is 2.96. The molecule has 0 fully saturated rings. The molecule has 0 spiro atoms. The lowest BCUT2D eigenvalue weighted by molar-refractivity contribution is -0.136. The maximum atomic E-state index is 12.5. The molecule has 8 heteroatoms. The third-order valence-electron chi connectivity index (χ3n) is 5.46. The van der Waals surface area contributed by atoms with Crippen molar-refractivity contribution in [3.05, 3.63) is 70.4 Å². The van der Waals surface area contributed by atoms with E-state index >= 15 is 0 Å². The normalized spacial score (nSPS) is 14.8. The first-order valence-electron chi connectivity index (χ1n) is 10.1. The smallest absolute Gasteiger partial charge is 0.313 e. The molecular formula is C23H21N3O4S. The number of fused-ring (bicyclic) bond motifs is 2. The first-order valence-corrected chi connectivity index (χ1v) is 10.9. The summed E-state index contributed by atoms with van der Waals surface area (Å²) in [5, 5.41) is 7.45. The van der Waals surface area contributed by atoms with Crippen LogP contribution in [-0.2, 0) is 16.0 Å². The number of amides is 2. The van der Waals surface area contributed by atoms with E-state index in [0.717, 1.165) is 17.8 Å². The summed E-state index contributed by atoms with van der Waals surface area (Å²) >= 11 is 1.65. The van der Waals surface area contributed by atoms with Crippen molar-refractivity contribution in [1.82, 2.24) is 5.32 Å². The number of thiophene rings is 1. The minimum Gasteiger partial charge on any atom is -0.454 e. The lowest BCUT2D eigenvalue weighted by Gasteiger charge is -2.30. The van der Waals surface area contributed by atoms with E-state index in [1.54, 1.807) is 29.5 Å². The Labute approximate surface area is 183 Å². The van der Waals surface area contributed by atoms with E-state index in [9.17, 15) is 9.59 Å². The number of carbonyl (C=O) groups excluding carboxylic acids is 2. The van der Waals surface area contributed by atoms with Crippen LogP contribution in [-0.4, -0.2) is 31.7 Å². The van der Waals surface area contributed by atoms with Gasteiger partial charge < -0.3 is 25.0 Å². The number of nitrogens with one attached hydrogen (secondary N) is 2. The van der Waals surface area contributed by atoms with Crippen LogP contribution in [0.5, 0.6) is 11.5 Å². The molecule has 0 aliphatic carbocycles. The number of anilines is 2. The predicted molar refractivity (Wildman–Crippen MR) is 119 cm³/mol. The van der Waals surface area contributed by atoms with Gasteiger partial charge in [-0.1, -0.05) is 24.3 Å². The average molecular weight is 436 g/mol. The number of hydrogen-bond donors (Lipinski definition) is 2. The third-order valence-corrected chi connectivity index (χ3v) is 6.44. The van der Waals surface area contributed by atoms with Gasteiger partial charge in [-0.25, -0.2) is 0 Å².